The van der Waals surface area contributed by atoms with E-state index in [0.717, 1.165) is 22.2 Å². The van der Waals surface area contributed by atoms with Gasteiger partial charge in [0.2, 0.25) is 0 Å². The molecular formula is C22H19N2O3P. The zero-order valence-electron chi connectivity index (χ0n) is 15.3. The van der Waals surface area contributed by atoms with Crippen molar-refractivity contribution in [3.8, 4) is 5.75 Å². The highest BCUT2D eigenvalue weighted by Gasteiger charge is 2.27. The molecule has 0 radical (unpaired) electrons. The summed E-state index contributed by atoms with van der Waals surface area (Å²) in [5.41, 5.74) is 2.72. The molecule has 1 atom stereocenters. The van der Waals surface area contributed by atoms with Gasteiger partial charge in [-0.15, -0.1) is 0 Å². The first-order chi connectivity index (χ1) is 13.7. The molecule has 28 heavy (non-hydrogen) atoms. The van der Waals surface area contributed by atoms with Crippen LogP contribution in [0.25, 0.3) is 23.1 Å². The Labute approximate surface area is 163 Å². The van der Waals surface area contributed by atoms with Crippen LogP contribution in [0.3, 0.4) is 0 Å². The van der Waals surface area contributed by atoms with E-state index in [9.17, 15) is 4.57 Å². The number of aromatic nitrogens is 2. The number of hydrogen-bond acceptors (Lipinski definition) is 4. The molecule has 5 nitrogen and oxygen atoms in total. The number of rotatable bonds is 6. The molecule has 6 heteroatoms. The number of fused-ring (bicyclic) bond motifs is 1. The lowest BCUT2D eigenvalue weighted by atomic mass is 10.1. The van der Waals surface area contributed by atoms with Crippen LogP contribution in [0.4, 0.5) is 0 Å². The summed E-state index contributed by atoms with van der Waals surface area (Å²) in [4.78, 5) is 0. The molecule has 0 saturated heterocycles. The largest absolute Gasteiger partial charge is 0.421 e. The SMILES string of the molecule is COP(=O)(Oc1ccc2[nH]nc(/C=C/c3ccccc3)c2c1)c1ccccc1. The standard InChI is InChI=1S/C22H19N2O3P/c1-26-28(25,19-10-6-3-7-11-19)27-18-13-15-22-20(16-18)21(23-24-22)14-12-17-8-4-2-5-9-17/h2-16H,1H3,(H,23,24)/b14-12+. The Balaban J connectivity index is 1.66. The summed E-state index contributed by atoms with van der Waals surface area (Å²) >= 11 is 0. The average Bonchev–Trinajstić information content (AvgIpc) is 3.16. The molecule has 4 rings (SSSR count). The number of benzene rings is 3. The fourth-order valence-electron chi connectivity index (χ4n) is 2.88. The van der Waals surface area contributed by atoms with Crippen LogP contribution in [0, 0.1) is 0 Å². The zero-order valence-corrected chi connectivity index (χ0v) is 16.2. The van der Waals surface area contributed by atoms with Crippen molar-refractivity contribution in [1.29, 1.82) is 0 Å². The third-order valence-corrected chi connectivity index (χ3v) is 6.20. The molecule has 0 spiro atoms. The lowest BCUT2D eigenvalue weighted by Gasteiger charge is -2.17. The maximum Gasteiger partial charge on any atom is 0.410 e. The predicted octanol–water partition coefficient (Wildman–Crippen LogP) is 5.28. The van der Waals surface area contributed by atoms with E-state index in [4.69, 9.17) is 9.05 Å². The second kappa shape index (κ2) is 7.85. The van der Waals surface area contributed by atoms with Gasteiger partial charge in [0, 0.05) is 12.5 Å². The van der Waals surface area contributed by atoms with Crippen molar-refractivity contribution in [2.24, 2.45) is 0 Å². The van der Waals surface area contributed by atoms with Crippen molar-refractivity contribution in [3.05, 3.63) is 90.1 Å². The lowest BCUT2D eigenvalue weighted by Crippen LogP contribution is -2.10. The Hall–Kier alpha value is -3.14. The zero-order chi connectivity index (χ0) is 19.4. The fourth-order valence-corrected chi connectivity index (χ4v) is 4.20. The molecule has 0 aliphatic rings. The Morgan fingerprint density at radius 3 is 2.36 bits per heavy atom. The highest BCUT2D eigenvalue weighted by atomic mass is 31.2. The summed E-state index contributed by atoms with van der Waals surface area (Å²) in [5, 5.41) is 8.75. The van der Waals surface area contributed by atoms with Gasteiger partial charge in [-0.25, -0.2) is 4.57 Å². The number of hydrogen-bond donors (Lipinski definition) is 1. The minimum absolute atomic E-state index is 0.456. The van der Waals surface area contributed by atoms with Gasteiger partial charge in [0.25, 0.3) is 0 Å². The Morgan fingerprint density at radius 1 is 0.929 bits per heavy atom. The molecule has 0 aliphatic carbocycles. The highest BCUT2D eigenvalue weighted by Crippen LogP contribution is 2.46. The first-order valence-corrected chi connectivity index (χ1v) is 10.3. The van der Waals surface area contributed by atoms with Crippen LogP contribution in [0.1, 0.15) is 11.3 Å². The minimum Gasteiger partial charge on any atom is -0.421 e. The Morgan fingerprint density at radius 2 is 1.64 bits per heavy atom. The molecule has 1 N–H and O–H groups in total. The fraction of sp³-hybridized carbons (Fsp3) is 0.0455. The summed E-state index contributed by atoms with van der Waals surface area (Å²) < 4.78 is 24.2. The van der Waals surface area contributed by atoms with Crippen LogP contribution in [0.15, 0.2) is 78.9 Å². The molecule has 140 valence electrons. The van der Waals surface area contributed by atoms with Crippen molar-refractivity contribution in [1.82, 2.24) is 10.2 Å². The number of nitrogens with one attached hydrogen (secondary N) is 1. The number of nitrogens with zero attached hydrogens (tertiary/aromatic N) is 1. The van der Waals surface area contributed by atoms with E-state index in [1.165, 1.54) is 7.11 Å². The van der Waals surface area contributed by atoms with E-state index in [-0.39, 0.29) is 0 Å². The summed E-state index contributed by atoms with van der Waals surface area (Å²) in [6.45, 7) is 0. The van der Waals surface area contributed by atoms with Gasteiger partial charge in [0.15, 0.2) is 0 Å². The number of H-pyrrole nitrogens is 1. The van der Waals surface area contributed by atoms with Gasteiger partial charge in [-0.2, -0.15) is 5.10 Å². The highest BCUT2D eigenvalue weighted by molar-refractivity contribution is 7.62. The average molecular weight is 390 g/mol. The van der Waals surface area contributed by atoms with Gasteiger partial charge >= 0.3 is 7.60 Å². The van der Waals surface area contributed by atoms with Crippen LogP contribution in [0.5, 0.6) is 5.75 Å². The molecular weight excluding hydrogens is 371 g/mol. The smallest absolute Gasteiger partial charge is 0.410 e. The third-order valence-electron chi connectivity index (χ3n) is 4.34. The topological polar surface area (TPSA) is 64.2 Å². The Bertz CT molecular complexity index is 1150. The summed E-state index contributed by atoms with van der Waals surface area (Å²) in [6, 6.07) is 24.3. The van der Waals surface area contributed by atoms with Crippen LogP contribution in [-0.4, -0.2) is 17.3 Å². The monoisotopic (exact) mass is 390 g/mol. The second-order valence-corrected chi connectivity index (χ2v) is 8.23. The van der Waals surface area contributed by atoms with Crippen molar-refractivity contribution >= 4 is 36.0 Å². The van der Waals surface area contributed by atoms with Crippen LogP contribution >= 0.6 is 7.60 Å². The molecule has 4 aromatic rings. The first-order valence-electron chi connectivity index (χ1n) is 8.80. The summed E-state index contributed by atoms with van der Waals surface area (Å²) in [5.74, 6) is 0.456. The van der Waals surface area contributed by atoms with E-state index in [2.05, 4.69) is 10.2 Å². The van der Waals surface area contributed by atoms with Gasteiger partial charge in [-0.1, -0.05) is 54.6 Å². The van der Waals surface area contributed by atoms with Crippen molar-refractivity contribution in [3.63, 3.8) is 0 Å². The van der Waals surface area contributed by atoms with Crippen molar-refractivity contribution in [2.45, 2.75) is 0 Å². The predicted molar refractivity (Wildman–Crippen MR) is 113 cm³/mol. The van der Waals surface area contributed by atoms with Gasteiger partial charge in [0.1, 0.15) is 5.75 Å². The summed E-state index contributed by atoms with van der Waals surface area (Å²) in [6.07, 6.45) is 3.93. The van der Waals surface area contributed by atoms with Gasteiger partial charge < -0.3 is 4.52 Å². The van der Waals surface area contributed by atoms with Crippen LogP contribution < -0.4 is 9.83 Å². The quantitative estimate of drug-likeness (QED) is 0.455. The van der Waals surface area contributed by atoms with Gasteiger partial charge in [0.05, 0.1) is 16.5 Å². The molecule has 0 saturated carbocycles. The van der Waals surface area contributed by atoms with Crippen LogP contribution in [0.2, 0.25) is 0 Å². The van der Waals surface area contributed by atoms with E-state index in [1.54, 1.807) is 30.3 Å². The molecule has 0 bridgehead atoms. The molecule has 0 aliphatic heterocycles. The second-order valence-electron chi connectivity index (χ2n) is 6.17. The van der Waals surface area contributed by atoms with E-state index >= 15 is 0 Å². The molecule has 1 heterocycles. The maximum absolute atomic E-state index is 13.1. The molecule has 0 fully saturated rings. The maximum atomic E-state index is 13.1. The molecule has 1 unspecified atom stereocenters. The summed E-state index contributed by atoms with van der Waals surface area (Å²) in [7, 11) is -2.07. The minimum atomic E-state index is -3.46. The van der Waals surface area contributed by atoms with E-state index in [0.29, 0.717) is 11.1 Å². The Kier molecular flexibility index (Phi) is 5.11. The third kappa shape index (κ3) is 3.77. The van der Waals surface area contributed by atoms with Gasteiger partial charge in [-0.05, 0) is 42.0 Å². The van der Waals surface area contributed by atoms with Crippen LogP contribution in [-0.2, 0) is 9.09 Å². The van der Waals surface area contributed by atoms with Crippen molar-refractivity contribution in [2.75, 3.05) is 7.11 Å². The normalized spacial score (nSPS) is 13.6. The van der Waals surface area contributed by atoms with Crippen molar-refractivity contribution < 1.29 is 13.6 Å². The molecule has 0 amide bonds. The molecule has 3 aromatic carbocycles. The first kappa shape index (κ1) is 18.2. The molecule has 1 aromatic heterocycles. The van der Waals surface area contributed by atoms with Gasteiger partial charge in [-0.3, -0.25) is 9.62 Å². The van der Waals surface area contributed by atoms with E-state index in [1.807, 2.05) is 60.7 Å². The van der Waals surface area contributed by atoms with E-state index < -0.39 is 7.60 Å². The lowest BCUT2D eigenvalue weighted by molar-refractivity contribution is 0.334. The number of aromatic amines is 1.